The van der Waals surface area contributed by atoms with Crippen molar-refractivity contribution in [2.75, 3.05) is 0 Å². The third kappa shape index (κ3) is 2.68. The molecule has 0 atom stereocenters. The maximum absolute atomic E-state index is 2.38. The minimum absolute atomic E-state index is 1.09. The molecule has 0 fully saturated rings. The maximum atomic E-state index is 2.38. The molecule has 0 saturated carbocycles. The Hall–Kier alpha value is -1.73. The van der Waals surface area contributed by atoms with Gasteiger partial charge in [0.1, 0.15) is 0 Å². The molecule has 23 heavy (non-hydrogen) atoms. The summed E-state index contributed by atoms with van der Waals surface area (Å²) in [4.78, 5) is 2.97. The molecule has 0 aliphatic heterocycles. The van der Waals surface area contributed by atoms with E-state index in [9.17, 15) is 0 Å². The van der Waals surface area contributed by atoms with Gasteiger partial charge in [-0.05, 0) is 94.2 Å². The quantitative estimate of drug-likeness (QED) is 0.640. The lowest BCUT2D eigenvalue weighted by molar-refractivity contribution is 1.23. The molecular formula is C22H22S. The molecule has 0 aromatic heterocycles. The number of hydrogen-bond donors (Lipinski definition) is 0. The van der Waals surface area contributed by atoms with Crippen LogP contribution in [0.4, 0.5) is 0 Å². The van der Waals surface area contributed by atoms with E-state index in [1.807, 2.05) is 11.8 Å². The van der Waals surface area contributed by atoms with Gasteiger partial charge in [-0.1, -0.05) is 36.0 Å². The summed E-state index contributed by atoms with van der Waals surface area (Å²) in [5.41, 5.74) is 11.4. The molecule has 0 bridgehead atoms. The van der Waals surface area contributed by atoms with Gasteiger partial charge in [0.2, 0.25) is 0 Å². The number of hydrogen-bond acceptors (Lipinski definition) is 1. The fourth-order valence-corrected chi connectivity index (χ4v) is 4.66. The van der Waals surface area contributed by atoms with E-state index in [2.05, 4.69) is 64.1 Å². The Morgan fingerprint density at radius 1 is 0.609 bits per heavy atom. The highest BCUT2D eigenvalue weighted by Gasteiger charge is 2.19. The standard InChI is InChI=1S/C22H22S/c1-13-5-17-9-21(10-18(17)6-14(13)2)23-22-11-19-7-15(3)16(4)8-20(19)12-22/h5-9,11H,10,12H2,1-4H3. The molecule has 0 nitrogen and oxygen atoms in total. The van der Waals surface area contributed by atoms with E-state index in [-0.39, 0.29) is 0 Å². The first kappa shape index (κ1) is 14.8. The van der Waals surface area contributed by atoms with Crippen molar-refractivity contribution in [1.29, 1.82) is 0 Å². The molecule has 0 spiro atoms. The van der Waals surface area contributed by atoms with E-state index in [0.717, 1.165) is 12.8 Å². The van der Waals surface area contributed by atoms with Gasteiger partial charge in [0.25, 0.3) is 0 Å². The largest absolute Gasteiger partial charge is 0.0983 e. The third-order valence-electron chi connectivity index (χ3n) is 5.14. The highest BCUT2D eigenvalue weighted by Crippen LogP contribution is 2.41. The SMILES string of the molecule is Cc1cc2c(cc1C)CC(SC1=Cc3cc(C)c(C)cc3C1)=C2. The van der Waals surface area contributed by atoms with Gasteiger partial charge in [-0.15, -0.1) is 0 Å². The van der Waals surface area contributed by atoms with E-state index < -0.39 is 0 Å². The molecule has 2 aliphatic carbocycles. The van der Waals surface area contributed by atoms with Crippen LogP contribution in [0.25, 0.3) is 12.2 Å². The van der Waals surface area contributed by atoms with Gasteiger partial charge in [-0.2, -0.15) is 0 Å². The molecule has 0 amide bonds. The van der Waals surface area contributed by atoms with Crippen molar-refractivity contribution in [3.8, 4) is 0 Å². The van der Waals surface area contributed by atoms with E-state index in [1.54, 1.807) is 0 Å². The summed E-state index contributed by atoms with van der Waals surface area (Å²) >= 11 is 1.97. The van der Waals surface area contributed by atoms with Crippen LogP contribution in [0, 0.1) is 27.7 Å². The predicted molar refractivity (Wildman–Crippen MR) is 103 cm³/mol. The molecule has 2 aromatic rings. The van der Waals surface area contributed by atoms with Crippen molar-refractivity contribution in [3.63, 3.8) is 0 Å². The summed E-state index contributed by atoms with van der Waals surface area (Å²) in [6.45, 7) is 8.83. The van der Waals surface area contributed by atoms with E-state index in [1.165, 1.54) is 54.3 Å². The summed E-state index contributed by atoms with van der Waals surface area (Å²) in [6, 6.07) is 9.39. The topological polar surface area (TPSA) is 0 Å². The second-order valence-electron chi connectivity index (χ2n) is 6.95. The Labute approximate surface area is 143 Å². The number of aryl methyl sites for hydroxylation is 4. The highest BCUT2D eigenvalue weighted by molar-refractivity contribution is 8.07. The van der Waals surface area contributed by atoms with Gasteiger partial charge in [0, 0.05) is 12.8 Å². The predicted octanol–water partition coefficient (Wildman–Crippen LogP) is 6.15. The van der Waals surface area contributed by atoms with Crippen molar-refractivity contribution < 1.29 is 0 Å². The van der Waals surface area contributed by atoms with Crippen molar-refractivity contribution in [2.24, 2.45) is 0 Å². The zero-order chi connectivity index (χ0) is 16.1. The van der Waals surface area contributed by atoms with Crippen LogP contribution in [0.2, 0.25) is 0 Å². The second-order valence-corrected chi connectivity index (χ2v) is 8.20. The summed E-state index contributed by atoms with van der Waals surface area (Å²) in [5, 5.41) is 0. The Balaban J connectivity index is 1.55. The molecule has 0 radical (unpaired) electrons. The zero-order valence-electron chi connectivity index (χ0n) is 14.3. The molecular weight excluding hydrogens is 296 g/mol. The van der Waals surface area contributed by atoms with Gasteiger partial charge in [0.15, 0.2) is 0 Å². The smallest absolute Gasteiger partial charge is 0.00441 e. The van der Waals surface area contributed by atoms with E-state index in [4.69, 9.17) is 0 Å². The Morgan fingerprint density at radius 2 is 1.00 bits per heavy atom. The number of fused-ring (bicyclic) bond motifs is 2. The lowest BCUT2D eigenvalue weighted by atomic mass is 10.0. The Bertz CT molecular complexity index is 808. The number of rotatable bonds is 2. The van der Waals surface area contributed by atoms with Crippen LogP contribution in [0.5, 0.6) is 0 Å². The third-order valence-corrected chi connectivity index (χ3v) is 6.18. The average molecular weight is 318 g/mol. The van der Waals surface area contributed by atoms with Gasteiger partial charge in [-0.25, -0.2) is 0 Å². The van der Waals surface area contributed by atoms with Crippen LogP contribution in [0.1, 0.15) is 44.5 Å². The zero-order valence-corrected chi connectivity index (χ0v) is 15.1. The van der Waals surface area contributed by atoms with Gasteiger partial charge < -0.3 is 0 Å². The van der Waals surface area contributed by atoms with Crippen LogP contribution >= 0.6 is 11.8 Å². The van der Waals surface area contributed by atoms with Crippen LogP contribution in [-0.4, -0.2) is 0 Å². The van der Waals surface area contributed by atoms with Crippen LogP contribution in [-0.2, 0) is 12.8 Å². The molecule has 2 aromatic carbocycles. The normalized spacial score (nSPS) is 15.3. The first-order valence-corrected chi connectivity index (χ1v) is 9.10. The monoisotopic (exact) mass is 318 g/mol. The molecule has 4 rings (SSSR count). The summed E-state index contributed by atoms with van der Waals surface area (Å²) in [5.74, 6) is 0. The lowest BCUT2D eigenvalue weighted by Crippen LogP contribution is -1.89. The number of thioether (sulfide) groups is 1. The van der Waals surface area contributed by atoms with Crippen LogP contribution in [0.3, 0.4) is 0 Å². The Morgan fingerprint density at radius 3 is 1.43 bits per heavy atom. The minimum Gasteiger partial charge on any atom is -0.0983 e. The molecule has 0 heterocycles. The average Bonchev–Trinajstić information content (AvgIpc) is 3.03. The van der Waals surface area contributed by atoms with Crippen molar-refractivity contribution in [2.45, 2.75) is 40.5 Å². The summed E-state index contributed by atoms with van der Waals surface area (Å²) < 4.78 is 0. The molecule has 1 heteroatoms. The fraction of sp³-hybridized carbons (Fsp3) is 0.273. The van der Waals surface area contributed by atoms with Crippen LogP contribution < -0.4 is 0 Å². The van der Waals surface area contributed by atoms with Crippen molar-refractivity contribution >= 4 is 23.9 Å². The number of benzene rings is 2. The number of allylic oxidation sites excluding steroid dienone is 2. The lowest BCUT2D eigenvalue weighted by Gasteiger charge is -2.05. The first-order valence-electron chi connectivity index (χ1n) is 8.29. The molecule has 0 unspecified atom stereocenters. The van der Waals surface area contributed by atoms with Gasteiger partial charge >= 0.3 is 0 Å². The van der Waals surface area contributed by atoms with Gasteiger partial charge in [-0.3, -0.25) is 0 Å². The molecule has 0 saturated heterocycles. The van der Waals surface area contributed by atoms with Crippen molar-refractivity contribution in [3.05, 3.63) is 78.6 Å². The fourth-order valence-electron chi connectivity index (χ4n) is 3.50. The van der Waals surface area contributed by atoms with Crippen molar-refractivity contribution in [1.82, 2.24) is 0 Å². The highest BCUT2D eigenvalue weighted by atomic mass is 32.2. The first-order chi connectivity index (χ1) is 11.0. The van der Waals surface area contributed by atoms with Crippen LogP contribution in [0.15, 0.2) is 34.1 Å². The maximum Gasteiger partial charge on any atom is 0.00441 e. The molecule has 2 aliphatic rings. The molecule has 116 valence electrons. The molecule has 0 N–H and O–H groups in total. The van der Waals surface area contributed by atoms with E-state index in [0.29, 0.717) is 0 Å². The van der Waals surface area contributed by atoms with E-state index >= 15 is 0 Å². The summed E-state index contributed by atoms with van der Waals surface area (Å²) in [7, 11) is 0. The minimum atomic E-state index is 1.09. The second kappa shape index (κ2) is 5.42. The Kier molecular flexibility index (Phi) is 3.50. The summed E-state index contributed by atoms with van der Waals surface area (Å²) in [6.07, 6.45) is 6.94. The van der Waals surface area contributed by atoms with Gasteiger partial charge in [0.05, 0.1) is 0 Å².